The average Bonchev–Trinajstić information content (AvgIpc) is 3.30. The number of alkyl halides is 3. The SMILES string of the molecule is COCCNC(=O)[C@@H]1C[C@@H]2CCN(Cc3ccsc3)C[C@H]2O1.O=C(O)C(F)(F)F. The summed E-state index contributed by atoms with van der Waals surface area (Å²) >= 11 is 1.74. The number of halogens is 3. The van der Waals surface area contributed by atoms with Crippen LogP contribution in [0.3, 0.4) is 0 Å². The van der Waals surface area contributed by atoms with E-state index in [9.17, 15) is 18.0 Å². The molecule has 3 atom stereocenters. The third-order valence-electron chi connectivity index (χ3n) is 4.76. The summed E-state index contributed by atoms with van der Waals surface area (Å²) in [6, 6.07) is 2.18. The molecule has 0 bridgehead atoms. The maximum absolute atomic E-state index is 12.1. The number of likely N-dealkylation sites (tertiary alicyclic amines) is 1. The molecule has 0 aromatic carbocycles. The van der Waals surface area contributed by atoms with Crippen LogP contribution in [0.25, 0.3) is 0 Å². The molecule has 2 N–H and O–H groups in total. The fraction of sp³-hybridized carbons (Fsp3) is 0.667. The number of ether oxygens (including phenoxy) is 2. The van der Waals surface area contributed by atoms with Gasteiger partial charge in [-0.15, -0.1) is 0 Å². The minimum atomic E-state index is -5.08. The lowest BCUT2D eigenvalue weighted by Crippen LogP contribution is -2.42. The molecule has 0 aliphatic carbocycles. The highest BCUT2D eigenvalue weighted by Gasteiger charge is 2.41. The fourth-order valence-electron chi connectivity index (χ4n) is 3.34. The van der Waals surface area contributed by atoms with Crippen molar-refractivity contribution < 1.29 is 37.3 Å². The van der Waals surface area contributed by atoms with E-state index in [4.69, 9.17) is 19.4 Å². The van der Waals surface area contributed by atoms with Crippen LogP contribution in [0.5, 0.6) is 0 Å². The number of amides is 1. The second kappa shape index (κ2) is 10.9. The van der Waals surface area contributed by atoms with Crippen LogP contribution in [0, 0.1) is 5.92 Å². The van der Waals surface area contributed by atoms with Crippen LogP contribution >= 0.6 is 11.3 Å². The summed E-state index contributed by atoms with van der Waals surface area (Å²) in [5, 5.41) is 14.3. The molecule has 11 heteroatoms. The number of rotatable bonds is 6. The second-order valence-electron chi connectivity index (χ2n) is 6.90. The highest BCUT2D eigenvalue weighted by molar-refractivity contribution is 7.07. The summed E-state index contributed by atoms with van der Waals surface area (Å²) in [6.07, 6.45) is -3.19. The number of carbonyl (C=O) groups excluding carboxylic acids is 1. The predicted molar refractivity (Wildman–Crippen MR) is 99.6 cm³/mol. The van der Waals surface area contributed by atoms with Crippen LogP contribution < -0.4 is 5.32 Å². The molecule has 2 aliphatic rings. The van der Waals surface area contributed by atoms with Crippen molar-refractivity contribution >= 4 is 23.2 Å². The Morgan fingerprint density at radius 3 is 2.76 bits per heavy atom. The molecular formula is C18H25F3N2O5S. The number of carbonyl (C=O) groups is 2. The topological polar surface area (TPSA) is 88.1 Å². The van der Waals surface area contributed by atoms with Crippen molar-refractivity contribution in [1.29, 1.82) is 0 Å². The summed E-state index contributed by atoms with van der Waals surface area (Å²) < 4.78 is 42.7. The van der Waals surface area contributed by atoms with Crippen molar-refractivity contribution in [2.75, 3.05) is 33.4 Å². The molecule has 1 amide bonds. The lowest BCUT2D eigenvalue weighted by molar-refractivity contribution is -0.192. The molecule has 29 heavy (non-hydrogen) atoms. The fourth-order valence-corrected chi connectivity index (χ4v) is 4.00. The molecule has 0 spiro atoms. The molecule has 1 aromatic rings. The van der Waals surface area contributed by atoms with Gasteiger partial charge in [0.05, 0.1) is 12.7 Å². The van der Waals surface area contributed by atoms with E-state index < -0.39 is 12.1 Å². The number of hydrogen-bond acceptors (Lipinski definition) is 6. The van der Waals surface area contributed by atoms with Gasteiger partial charge in [-0.1, -0.05) is 0 Å². The van der Waals surface area contributed by atoms with Crippen LogP contribution in [0.4, 0.5) is 13.2 Å². The number of carboxylic acids is 1. The Kier molecular flexibility index (Phi) is 8.87. The van der Waals surface area contributed by atoms with E-state index in [-0.39, 0.29) is 18.1 Å². The minimum absolute atomic E-state index is 0.0100. The molecule has 3 heterocycles. The van der Waals surface area contributed by atoms with Gasteiger partial charge in [0.1, 0.15) is 6.10 Å². The van der Waals surface area contributed by atoms with Crippen molar-refractivity contribution in [1.82, 2.24) is 10.2 Å². The Morgan fingerprint density at radius 2 is 2.17 bits per heavy atom. The summed E-state index contributed by atoms with van der Waals surface area (Å²) in [4.78, 5) is 23.4. The Bertz CT molecular complexity index is 656. The average molecular weight is 438 g/mol. The van der Waals surface area contributed by atoms with Gasteiger partial charge >= 0.3 is 12.1 Å². The Labute approximate surface area is 170 Å². The summed E-state index contributed by atoms with van der Waals surface area (Å²) in [6.45, 7) is 4.11. The lowest BCUT2D eigenvalue weighted by Gasteiger charge is -2.33. The van der Waals surface area contributed by atoms with Crippen molar-refractivity contribution in [3.8, 4) is 0 Å². The smallest absolute Gasteiger partial charge is 0.475 e. The van der Waals surface area contributed by atoms with Gasteiger partial charge < -0.3 is 19.9 Å². The number of hydrogen-bond donors (Lipinski definition) is 2. The standard InChI is InChI=1S/C16H24N2O3S.C2HF3O2/c1-20-6-4-17-16(19)14-8-13-2-5-18(10-15(13)21-14)9-12-3-7-22-11-12;3-2(4,5)1(6)7/h3,7,11,13-15H,2,4-6,8-10H2,1H3,(H,17,19);(H,6,7)/t13-,14-,15+;/m0./s1. The van der Waals surface area contributed by atoms with Crippen molar-refractivity contribution in [3.05, 3.63) is 22.4 Å². The van der Waals surface area contributed by atoms with E-state index >= 15 is 0 Å². The first kappa shape index (κ1) is 23.6. The zero-order chi connectivity index (χ0) is 21.4. The van der Waals surface area contributed by atoms with Crippen LogP contribution in [0.2, 0.25) is 0 Å². The first-order valence-electron chi connectivity index (χ1n) is 9.16. The number of piperidine rings is 1. The van der Waals surface area contributed by atoms with Crippen molar-refractivity contribution in [3.63, 3.8) is 0 Å². The second-order valence-corrected chi connectivity index (χ2v) is 7.68. The quantitative estimate of drug-likeness (QED) is 0.662. The normalized spacial score (nSPS) is 24.3. The number of nitrogens with zero attached hydrogens (tertiary/aromatic N) is 1. The van der Waals surface area contributed by atoms with E-state index in [0.717, 1.165) is 32.5 Å². The van der Waals surface area contributed by atoms with E-state index in [1.807, 2.05) is 0 Å². The minimum Gasteiger partial charge on any atom is -0.475 e. The largest absolute Gasteiger partial charge is 0.490 e. The zero-order valence-electron chi connectivity index (χ0n) is 16.0. The molecular weight excluding hydrogens is 413 g/mol. The Morgan fingerprint density at radius 1 is 1.45 bits per heavy atom. The number of nitrogens with one attached hydrogen (secondary N) is 1. The predicted octanol–water partition coefficient (Wildman–Crippen LogP) is 2.12. The van der Waals surface area contributed by atoms with E-state index in [2.05, 4.69) is 27.0 Å². The van der Waals surface area contributed by atoms with E-state index in [0.29, 0.717) is 19.1 Å². The zero-order valence-corrected chi connectivity index (χ0v) is 16.8. The van der Waals surface area contributed by atoms with Crippen LogP contribution in [-0.2, 0) is 25.6 Å². The maximum atomic E-state index is 12.1. The number of aliphatic carboxylic acids is 1. The number of fused-ring (bicyclic) bond motifs is 1. The van der Waals surface area contributed by atoms with Crippen LogP contribution in [0.1, 0.15) is 18.4 Å². The first-order chi connectivity index (χ1) is 13.7. The molecule has 0 radical (unpaired) electrons. The van der Waals surface area contributed by atoms with Crippen molar-refractivity contribution in [2.24, 2.45) is 5.92 Å². The van der Waals surface area contributed by atoms with Gasteiger partial charge in [-0.2, -0.15) is 24.5 Å². The molecule has 2 saturated heterocycles. The van der Waals surface area contributed by atoms with Crippen molar-refractivity contribution in [2.45, 2.75) is 37.8 Å². The highest BCUT2D eigenvalue weighted by Crippen LogP contribution is 2.33. The highest BCUT2D eigenvalue weighted by atomic mass is 32.1. The molecule has 2 fully saturated rings. The summed E-state index contributed by atoms with van der Waals surface area (Å²) in [7, 11) is 1.63. The first-order valence-corrected chi connectivity index (χ1v) is 10.1. The van der Waals surface area contributed by atoms with E-state index in [1.165, 1.54) is 5.56 Å². The van der Waals surface area contributed by atoms with Crippen LogP contribution in [-0.4, -0.2) is 73.6 Å². The number of thiophene rings is 1. The molecule has 2 aliphatic heterocycles. The Hall–Kier alpha value is -1.69. The molecule has 0 saturated carbocycles. The molecule has 0 unspecified atom stereocenters. The van der Waals surface area contributed by atoms with Crippen LogP contribution in [0.15, 0.2) is 16.8 Å². The summed E-state index contributed by atoms with van der Waals surface area (Å²) in [5.41, 5.74) is 1.37. The number of carboxylic acid groups (broad SMARTS) is 1. The van der Waals surface area contributed by atoms with Gasteiger partial charge in [0.15, 0.2) is 0 Å². The maximum Gasteiger partial charge on any atom is 0.490 e. The Balaban J connectivity index is 0.000000370. The van der Waals surface area contributed by atoms with Gasteiger partial charge in [0, 0.05) is 26.7 Å². The molecule has 1 aromatic heterocycles. The monoisotopic (exact) mass is 438 g/mol. The molecule has 164 valence electrons. The third-order valence-corrected chi connectivity index (χ3v) is 5.49. The lowest BCUT2D eigenvalue weighted by atomic mass is 9.91. The van der Waals surface area contributed by atoms with Gasteiger partial charge in [0.25, 0.3) is 0 Å². The van der Waals surface area contributed by atoms with Gasteiger partial charge in [-0.25, -0.2) is 4.79 Å². The summed E-state index contributed by atoms with van der Waals surface area (Å²) in [5.74, 6) is -2.22. The number of methoxy groups -OCH3 is 1. The van der Waals surface area contributed by atoms with E-state index in [1.54, 1.807) is 18.4 Å². The third kappa shape index (κ3) is 7.57. The van der Waals surface area contributed by atoms with Gasteiger partial charge in [-0.3, -0.25) is 9.69 Å². The molecule has 7 nitrogen and oxygen atoms in total. The van der Waals surface area contributed by atoms with Gasteiger partial charge in [0.2, 0.25) is 5.91 Å². The molecule has 3 rings (SSSR count). The van der Waals surface area contributed by atoms with Gasteiger partial charge in [-0.05, 0) is 47.7 Å².